The maximum atomic E-state index is 11.9. The molecule has 1 unspecified atom stereocenters. The molecular weight excluding hydrogens is 238 g/mol. The van der Waals surface area contributed by atoms with E-state index in [4.69, 9.17) is 0 Å². The molecule has 1 rings (SSSR count). The second kappa shape index (κ2) is 9.32. The van der Waals surface area contributed by atoms with Crippen LogP contribution in [0, 0.1) is 0 Å². The molecule has 0 bridgehead atoms. The van der Waals surface area contributed by atoms with E-state index in [2.05, 4.69) is 29.4 Å². The first-order chi connectivity index (χ1) is 9.17. The zero-order chi connectivity index (χ0) is 14.1. The Labute approximate surface area is 118 Å². The van der Waals surface area contributed by atoms with Gasteiger partial charge in [0.1, 0.15) is 0 Å². The summed E-state index contributed by atoms with van der Waals surface area (Å²) in [5.74, 6) is 0.134. The Morgan fingerprint density at radius 3 is 2.42 bits per heavy atom. The molecule has 1 aliphatic heterocycles. The fourth-order valence-electron chi connectivity index (χ4n) is 2.54. The van der Waals surface area contributed by atoms with Gasteiger partial charge in [0.05, 0.1) is 6.04 Å². The van der Waals surface area contributed by atoms with Crippen LogP contribution in [-0.2, 0) is 4.79 Å². The first-order valence-corrected chi connectivity index (χ1v) is 7.93. The van der Waals surface area contributed by atoms with Crippen molar-refractivity contribution in [1.29, 1.82) is 0 Å². The van der Waals surface area contributed by atoms with Gasteiger partial charge in [-0.3, -0.25) is 4.79 Å². The predicted molar refractivity (Wildman–Crippen MR) is 80.3 cm³/mol. The van der Waals surface area contributed by atoms with Gasteiger partial charge in [-0.05, 0) is 65.2 Å². The third-order valence-electron chi connectivity index (χ3n) is 4.03. The van der Waals surface area contributed by atoms with E-state index < -0.39 is 0 Å². The molecule has 112 valence electrons. The highest BCUT2D eigenvalue weighted by Gasteiger charge is 2.15. The van der Waals surface area contributed by atoms with Gasteiger partial charge >= 0.3 is 0 Å². The summed E-state index contributed by atoms with van der Waals surface area (Å²) in [7, 11) is 0. The zero-order valence-electron chi connectivity index (χ0n) is 12.9. The monoisotopic (exact) mass is 269 g/mol. The summed E-state index contributed by atoms with van der Waals surface area (Å²) in [5.41, 5.74) is 0. The van der Waals surface area contributed by atoms with E-state index in [-0.39, 0.29) is 11.9 Å². The van der Waals surface area contributed by atoms with Crippen molar-refractivity contribution >= 4 is 5.91 Å². The van der Waals surface area contributed by atoms with Gasteiger partial charge in [-0.2, -0.15) is 0 Å². The van der Waals surface area contributed by atoms with Crippen molar-refractivity contribution in [3.8, 4) is 0 Å². The van der Waals surface area contributed by atoms with Crippen LogP contribution in [0.15, 0.2) is 0 Å². The van der Waals surface area contributed by atoms with Gasteiger partial charge in [0, 0.05) is 6.04 Å². The van der Waals surface area contributed by atoms with E-state index in [9.17, 15) is 4.79 Å². The number of rotatable bonds is 9. The van der Waals surface area contributed by atoms with E-state index in [1.807, 2.05) is 6.92 Å². The smallest absolute Gasteiger partial charge is 0.237 e. The Morgan fingerprint density at radius 1 is 1.21 bits per heavy atom. The average Bonchev–Trinajstić information content (AvgIpc) is 2.93. The van der Waals surface area contributed by atoms with Gasteiger partial charge in [-0.15, -0.1) is 0 Å². The predicted octanol–water partition coefficient (Wildman–Crippen LogP) is 1.76. The summed E-state index contributed by atoms with van der Waals surface area (Å²) >= 11 is 0. The normalized spacial score (nSPS) is 17.9. The number of carbonyl (C=O) groups excluding carboxylic acids is 1. The fraction of sp³-hybridized carbons (Fsp3) is 0.933. The number of nitrogens with zero attached hydrogens (tertiary/aromatic N) is 1. The van der Waals surface area contributed by atoms with E-state index in [0.717, 1.165) is 32.4 Å². The maximum absolute atomic E-state index is 11.9. The molecule has 4 heteroatoms. The molecule has 1 amide bonds. The van der Waals surface area contributed by atoms with Gasteiger partial charge in [0.15, 0.2) is 0 Å². The summed E-state index contributed by atoms with van der Waals surface area (Å²) in [6, 6.07) is 0.237. The van der Waals surface area contributed by atoms with E-state index >= 15 is 0 Å². The standard InChI is InChI=1S/C15H31N3O/c1-4-14(5-2)17-15(19)13(3)16-9-8-12-18-10-6-7-11-18/h13-14,16H,4-12H2,1-3H3,(H,17,19). The third-order valence-corrected chi connectivity index (χ3v) is 4.03. The Balaban J connectivity index is 2.08. The molecule has 1 saturated heterocycles. The van der Waals surface area contributed by atoms with Gasteiger partial charge in [0.2, 0.25) is 5.91 Å². The molecule has 0 spiro atoms. The molecule has 19 heavy (non-hydrogen) atoms. The highest BCUT2D eigenvalue weighted by molar-refractivity contribution is 5.81. The summed E-state index contributed by atoms with van der Waals surface area (Å²) < 4.78 is 0. The van der Waals surface area contributed by atoms with Crippen LogP contribution in [0.1, 0.15) is 52.9 Å². The van der Waals surface area contributed by atoms with Crippen molar-refractivity contribution in [2.45, 2.75) is 65.0 Å². The average molecular weight is 269 g/mol. The Bertz CT molecular complexity index is 248. The van der Waals surface area contributed by atoms with Gasteiger partial charge < -0.3 is 15.5 Å². The highest BCUT2D eigenvalue weighted by Crippen LogP contribution is 2.06. The molecule has 0 radical (unpaired) electrons. The van der Waals surface area contributed by atoms with Crippen molar-refractivity contribution in [3.05, 3.63) is 0 Å². The van der Waals surface area contributed by atoms with Crippen LogP contribution in [0.3, 0.4) is 0 Å². The molecule has 0 aromatic carbocycles. The molecule has 0 aliphatic carbocycles. The lowest BCUT2D eigenvalue weighted by Crippen LogP contribution is -2.46. The topological polar surface area (TPSA) is 44.4 Å². The number of carbonyl (C=O) groups is 1. The van der Waals surface area contributed by atoms with Crippen molar-refractivity contribution in [2.24, 2.45) is 0 Å². The van der Waals surface area contributed by atoms with Crippen LogP contribution in [0.4, 0.5) is 0 Å². The van der Waals surface area contributed by atoms with Crippen molar-refractivity contribution in [2.75, 3.05) is 26.2 Å². The minimum atomic E-state index is -0.0841. The zero-order valence-corrected chi connectivity index (χ0v) is 12.9. The number of hydrogen-bond donors (Lipinski definition) is 2. The SMILES string of the molecule is CCC(CC)NC(=O)C(C)NCCCN1CCCC1. The largest absolute Gasteiger partial charge is 0.352 e. The van der Waals surface area contributed by atoms with Crippen LogP contribution in [-0.4, -0.2) is 49.1 Å². The molecule has 0 saturated carbocycles. The number of amides is 1. The molecule has 0 aromatic heterocycles. The first-order valence-electron chi connectivity index (χ1n) is 7.93. The Morgan fingerprint density at radius 2 is 1.84 bits per heavy atom. The van der Waals surface area contributed by atoms with Crippen LogP contribution in [0.5, 0.6) is 0 Å². The van der Waals surface area contributed by atoms with E-state index in [1.54, 1.807) is 0 Å². The number of hydrogen-bond acceptors (Lipinski definition) is 3. The molecule has 0 aromatic rings. The number of likely N-dealkylation sites (tertiary alicyclic amines) is 1. The molecular formula is C15H31N3O. The second-order valence-corrected chi connectivity index (χ2v) is 5.60. The lowest BCUT2D eigenvalue weighted by molar-refractivity contribution is -0.123. The summed E-state index contributed by atoms with van der Waals surface area (Å²) in [6.07, 6.45) is 5.83. The van der Waals surface area contributed by atoms with Gasteiger partial charge in [-0.25, -0.2) is 0 Å². The molecule has 1 aliphatic rings. The minimum Gasteiger partial charge on any atom is -0.352 e. The molecule has 1 fully saturated rings. The van der Waals surface area contributed by atoms with Crippen LogP contribution >= 0.6 is 0 Å². The Hall–Kier alpha value is -0.610. The van der Waals surface area contributed by atoms with Crippen LogP contribution in [0.2, 0.25) is 0 Å². The lowest BCUT2D eigenvalue weighted by atomic mass is 10.1. The second-order valence-electron chi connectivity index (χ2n) is 5.60. The molecule has 2 N–H and O–H groups in total. The van der Waals surface area contributed by atoms with E-state index in [0.29, 0.717) is 6.04 Å². The van der Waals surface area contributed by atoms with Crippen molar-refractivity contribution in [3.63, 3.8) is 0 Å². The van der Waals surface area contributed by atoms with Gasteiger partial charge in [-0.1, -0.05) is 13.8 Å². The molecule has 1 atom stereocenters. The van der Waals surface area contributed by atoms with Gasteiger partial charge in [0.25, 0.3) is 0 Å². The highest BCUT2D eigenvalue weighted by atomic mass is 16.2. The minimum absolute atomic E-state index is 0.0841. The summed E-state index contributed by atoms with van der Waals surface area (Å²) in [6.45, 7) is 10.8. The van der Waals surface area contributed by atoms with E-state index in [1.165, 1.54) is 25.9 Å². The molecule has 4 nitrogen and oxygen atoms in total. The lowest BCUT2D eigenvalue weighted by Gasteiger charge is -2.20. The number of nitrogens with one attached hydrogen (secondary N) is 2. The third kappa shape index (κ3) is 6.39. The van der Waals surface area contributed by atoms with Crippen LogP contribution < -0.4 is 10.6 Å². The Kier molecular flexibility index (Phi) is 8.07. The maximum Gasteiger partial charge on any atom is 0.237 e. The summed E-state index contributed by atoms with van der Waals surface area (Å²) in [5, 5.41) is 6.41. The first kappa shape index (κ1) is 16.4. The molecule has 1 heterocycles. The van der Waals surface area contributed by atoms with Crippen molar-refractivity contribution < 1.29 is 4.79 Å². The summed E-state index contributed by atoms with van der Waals surface area (Å²) in [4.78, 5) is 14.4. The quantitative estimate of drug-likeness (QED) is 0.627. The van der Waals surface area contributed by atoms with Crippen LogP contribution in [0.25, 0.3) is 0 Å². The fourth-order valence-corrected chi connectivity index (χ4v) is 2.54. The van der Waals surface area contributed by atoms with Crippen molar-refractivity contribution in [1.82, 2.24) is 15.5 Å².